The predicted octanol–water partition coefficient (Wildman–Crippen LogP) is 4.40. The van der Waals surface area contributed by atoms with Crippen LogP contribution in [-0.4, -0.2) is 6.54 Å². The first kappa shape index (κ1) is 14.5. The Labute approximate surface area is 108 Å². The van der Waals surface area contributed by atoms with E-state index in [0.29, 0.717) is 11.6 Å². The van der Waals surface area contributed by atoms with Gasteiger partial charge in [-0.15, -0.1) is 0 Å². The highest BCUT2D eigenvalue weighted by molar-refractivity contribution is 6.30. The minimum Gasteiger partial charge on any atom is -0.313 e. The van der Waals surface area contributed by atoms with Crippen molar-refractivity contribution in [3.05, 3.63) is 34.6 Å². The Hall–Kier alpha value is -0.600. The quantitative estimate of drug-likeness (QED) is 0.714. The van der Waals surface area contributed by atoms with E-state index >= 15 is 0 Å². The molecular weight excluding hydrogens is 237 g/mol. The van der Waals surface area contributed by atoms with Crippen molar-refractivity contribution in [1.82, 2.24) is 5.32 Å². The minimum atomic E-state index is -0.269. The number of rotatable bonds is 7. The van der Waals surface area contributed by atoms with Gasteiger partial charge in [-0.1, -0.05) is 38.3 Å². The fourth-order valence-electron chi connectivity index (χ4n) is 1.75. The highest BCUT2D eigenvalue weighted by atomic mass is 35.5. The van der Waals surface area contributed by atoms with E-state index in [1.807, 2.05) is 0 Å². The van der Waals surface area contributed by atoms with Crippen molar-refractivity contribution < 1.29 is 4.39 Å². The van der Waals surface area contributed by atoms with Crippen LogP contribution in [0.2, 0.25) is 5.02 Å². The van der Waals surface area contributed by atoms with Crippen molar-refractivity contribution in [1.29, 1.82) is 0 Å². The summed E-state index contributed by atoms with van der Waals surface area (Å²) >= 11 is 5.78. The first-order chi connectivity index (χ1) is 8.08. The molecule has 1 nitrogen and oxygen atoms in total. The highest BCUT2D eigenvalue weighted by Gasteiger charge is 1.99. The van der Waals surface area contributed by atoms with Crippen molar-refractivity contribution >= 4 is 11.6 Å². The third kappa shape index (κ3) is 6.64. The Morgan fingerprint density at radius 3 is 2.65 bits per heavy atom. The number of halogens is 2. The maximum Gasteiger partial charge on any atom is 0.125 e. The summed E-state index contributed by atoms with van der Waals surface area (Å²) in [5.74, 6) is 0.506. The Morgan fingerprint density at radius 2 is 2.00 bits per heavy atom. The van der Waals surface area contributed by atoms with Gasteiger partial charge in [0.15, 0.2) is 0 Å². The van der Waals surface area contributed by atoms with Crippen molar-refractivity contribution in [2.24, 2.45) is 5.92 Å². The summed E-state index contributed by atoms with van der Waals surface area (Å²) in [6, 6.07) is 4.65. The highest BCUT2D eigenvalue weighted by Crippen LogP contribution is 2.14. The maximum absolute atomic E-state index is 13.0. The third-order valence-corrected chi connectivity index (χ3v) is 2.85. The van der Waals surface area contributed by atoms with E-state index in [0.717, 1.165) is 18.0 Å². The van der Waals surface area contributed by atoms with Gasteiger partial charge >= 0.3 is 0 Å². The van der Waals surface area contributed by atoms with E-state index < -0.39 is 0 Å². The van der Waals surface area contributed by atoms with Gasteiger partial charge in [0, 0.05) is 11.6 Å². The zero-order valence-electron chi connectivity index (χ0n) is 10.6. The normalized spacial score (nSPS) is 11.1. The molecule has 1 aromatic carbocycles. The Morgan fingerprint density at radius 1 is 1.24 bits per heavy atom. The summed E-state index contributed by atoms with van der Waals surface area (Å²) in [6.45, 7) is 6.13. The summed E-state index contributed by atoms with van der Waals surface area (Å²) in [4.78, 5) is 0. The van der Waals surface area contributed by atoms with E-state index in [1.165, 1.54) is 31.4 Å². The van der Waals surface area contributed by atoms with Crippen LogP contribution in [0.4, 0.5) is 4.39 Å². The standard InChI is InChI=1S/C14H21ClFN/c1-11(2)5-3-4-6-17-10-12-7-13(15)9-14(16)8-12/h7-9,11,17H,3-6,10H2,1-2H3. The Bertz CT molecular complexity index is 319. The van der Waals surface area contributed by atoms with Crippen LogP contribution in [0.25, 0.3) is 0 Å². The molecule has 0 heterocycles. The van der Waals surface area contributed by atoms with Crippen molar-refractivity contribution in [3.63, 3.8) is 0 Å². The molecule has 96 valence electrons. The van der Waals surface area contributed by atoms with Crippen LogP contribution < -0.4 is 5.32 Å². The molecule has 0 amide bonds. The van der Waals surface area contributed by atoms with Crippen LogP contribution in [0.5, 0.6) is 0 Å². The monoisotopic (exact) mass is 257 g/mol. The molecule has 17 heavy (non-hydrogen) atoms. The molecule has 0 aromatic heterocycles. The number of unbranched alkanes of at least 4 members (excludes halogenated alkanes) is 1. The summed E-state index contributed by atoms with van der Waals surface area (Å²) in [6.07, 6.45) is 3.68. The van der Waals surface area contributed by atoms with Crippen LogP contribution in [-0.2, 0) is 6.54 Å². The zero-order chi connectivity index (χ0) is 12.7. The van der Waals surface area contributed by atoms with Gasteiger partial charge in [0.2, 0.25) is 0 Å². The molecule has 0 spiro atoms. The van der Waals surface area contributed by atoms with E-state index in [9.17, 15) is 4.39 Å². The Kier molecular flexibility index (Phi) is 6.53. The molecule has 1 N–H and O–H groups in total. The summed E-state index contributed by atoms with van der Waals surface area (Å²) < 4.78 is 13.0. The zero-order valence-corrected chi connectivity index (χ0v) is 11.4. The smallest absolute Gasteiger partial charge is 0.125 e. The van der Waals surface area contributed by atoms with Gasteiger partial charge in [0.25, 0.3) is 0 Å². The summed E-state index contributed by atoms with van der Waals surface area (Å²) in [7, 11) is 0. The molecule has 0 saturated carbocycles. The molecule has 0 aliphatic rings. The van der Waals surface area contributed by atoms with Crippen molar-refractivity contribution in [3.8, 4) is 0 Å². The predicted molar refractivity (Wildman–Crippen MR) is 71.8 cm³/mol. The lowest BCUT2D eigenvalue weighted by Crippen LogP contribution is -2.14. The molecule has 0 atom stereocenters. The molecule has 1 rings (SSSR count). The molecule has 0 aliphatic carbocycles. The first-order valence-electron chi connectivity index (χ1n) is 6.23. The van der Waals surface area contributed by atoms with Crippen LogP contribution >= 0.6 is 11.6 Å². The average molecular weight is 258 g/mol. The summed E-state index contributed by atoms with van der Waals surface area (Å²) in [5.41, 5.74) is 0.902. The lowest BCUT2D eigenvalue weighted by Gasteiger charge is -2.07. The van der Waals surface area contributed by atoms with Gasteiger partial charge in [-0.2, -0.15) is 0 Å². The van der Waals surface area contributed by atoms with Crippen molar-refractivity contribution in [2.75, 3.05) is 6.54 Å². The van der Waals surface area contributed by atoms with Gasteiger partial charge in [0.05, 0.1) is 0 Å². The Balaban J connectivity index is 2.18. The van der Waals surface area contributed by atoms with Crippen LogP contribution in [0.15, 0.2) is 18.2 Å². The molecule has 0 fully saturated rings. The molecule has 0 saturated heterocycles. The second-order valence-electron chi connectivity index (χ2n) is 4.84. The molecule has 0 bridgehead atoms. The summed E-state index contributed by atoms with van der Waals surface area (Å²) in [5, 5.41) is 3.76. The van der Waals surface area contributed by atoms with Gasteiger partial charge < -0.3 is 5.32 Å². The fourth-order valence-corrected chi connectivity index (χ4v) is 1.99. The van der Waals surface area contributed by atoms with E-state index in [1.54, 1.807) is 6.07 Å². The molecular formula is C14H21ClFN. The van der Waals surface area contributed by atoms with Crippen LogP contribution in [0, 0.1) is 11.7 Å². The molecule has 1 aromatic rings. The second-order valence-corrected chi connectivity index (χ2v) is 5.28. The number of benzene rings is 1. The van der Waals surface area contributed by atoms with Gasteiger partial charge in [-0.05, 0) is 42.6 Å². The first-order valence-corrected chi connectivity index (χ1v) is 6.61. The van der Waals surface area contributed by atoms with E-state index in [2.05, 4.69) is 19.2 Å². The van der Waals surface area contributed by atoms with E-state index in [-0.39, 0.29) is 5.82 Å². The molecule has 3 heteroatoms. The van der Waals surface area contributed by atoms with E-state index in [4.69, 9.17) is 11.6 Å². The van der Waals surface area contributed by atoms with Gasteiger partial charge in [-0.3, -0.25) is 0 Å². The topological polar surface area (TPSA) is 12.0 Å². The average Bonchev–Trinajstić information content (AvgIpc) is 2.21. The SMILES string of the molecule is CC(C)CCCCNCc1cc(F)cc(Cl)c1. The lowest BCUT2D eigenvalue weighted by molar-refractivity contribution is 0.520. The third-order valence-electron chi connectivity index (χ3n) is 2.64. The lowest BCUT2D eigenvalue weighted by atomic mass is 10.1. The molecule has 0 radical (unpaired) electrons. The van der Waals surface area contributed by atoms with Crippen LogP contribution in [0.3, 0.4) is 0 Å². The number of hydrogen-bond donors (Lipinski definition) is 1. The van der Waals surface area contributed by atoms with Gasteiger partial charge in [0.1, 0.15) is 5.82 Å². The van der Waals surface area contributed by atoms with Gasteiger partial charge in [-0.25, -0.2) is 4.39 Å². The van der Waals surface area contributed by atoms with Crippen LogP contribution in [0.1, 0.15) is 38.7 Å². The number of hydrogen-bond acceptors (Lipinski definition) is 1. The second kappa shape index (κ2) is 7.67. The molecule has 0 aliphatic heterocycles. The number of nitrogens with one attached hydrogen (secondary N) is 1. The molecule has 0 unspecified atom stereocenters. The largest absolute Gasteiger partial charge is 0.313 e. The van der Waals surface area contributed by atoms with Crippen molar-refractivity contribution in [2.45, 2.75) is 39.7 Å². The minimum absolute atomic E-state index is 0.269. The maximum atomic E-state index is 13.0. The fraction of sp³-hybridized carbons (Fsp3) is 0.571.